The van der Waals surface area contributed by atoms with E-state index in [-0.39, 0.29) is 36.7 Å². The van der Waals surface area contributed by atoms with Gasteiger partial charge < -0.3 is 14.7 Å². The SMILES string of the molecule is CC(C)(C)OC(=O)Nc1cccc(Cc2ccc(N3C[C@@H]4C[C@H]5[C@@H]6C[C@H](F)C7=CC(=O)C=C[C@]7(C)[C@@]6(F)C(=O)C[C@]5(C)[C@]4(C(=O)CO)C3)cc2)c1. The van der Waals surface area contributed by atoms with Crippen LogP contribution in [0, 0.1) is 34.0 Å². The van der Waals surface area contributed by atoms with Gasteiger partial charge in [0.05, 0.1) is 10.8 Å². The molecule has 5 aliphatic rings. The molecule has 0 bridgehead atoms. The van der Waals surface area contributed by atoms with Crippen molar-refractivity contribution >= 4 is 34.8 Å². The lowest BCUT2D eigenvalue weighted by Gasteiger charge is -2.60. The van der Waals surface area contributed by atoms with E-state index in [1.54, 1.807) is 26.8 Å². The van der Waals surface area contributed by atoms with Gasteiger partial charge in [0, 0.05) is 36.8 Å². The molecule has 1 saturated heterocycles. The maximum Gasteiger partial charge on any atom is 0.412 e. The summed E-state index contributed by atoms with van der Waals surface area (Å²) in [5, 5.41) is 13.1. The number of fused-ring (bicyclic) bond motifs is 7. The van der Waals surface area contributed by atoms with E-state index in [0.29, 0.717) is 25.1 Å². The molecule has 8 atom stereocenters. The van der Waals surface area contributed by atoms with Crippen LogP contribution in [0.1, 0.15) is 65.0 Å². The van der Waals surface area contributed by atoms with Gasteiger partial charge in [-0.1, -0.05) is 37.3 Å². The molecule has 1 aliphatic heterocycles. The number of hydrogen-bond donors (Lipinski definition) is 2. The summed E-state index contributed by atoms with van der Waals surface area (Å²) in [5.74, 6) is -3.15. The Bertz CT molecular complexity index is 1870. The molecule has 2 aromatic carbocycles. The predicted molar refractivity (Wildman–Crippen MR) is 189 cm³/mol. The van der Waals surface area contributed by atoms with Crippen molar-refractivity contribution in [1.82, 2.24) is 0 Å². The molecule has 2 aromatic rings. The summed E-state index contributed by atoms with van der Waals surface area (Å²) in [5.41, 5.74) is -3.15. The van der Waals surface area contributed by atoms with Crippen molar-refractivity contribution in [3.63, 3.8) is 0 Å². The number of nitrogens with zero attached hydrogens (tertiary/aromatic N) is 1. The number of amides is 1. The molecule has 0 unspecified atom stereocenters. The first kappa shape index (κ1) is 35.2. The molecule has 1 heterocycles. The van der Waals surface area contributed by atoms with Crippen LogP contribution in [0.4, 0.5) is 25.0 Å². The first-order valence-electron chi connectivity index (χ1n) is 17.8. The third-order valence-corrected chi connectivity index (χ3v) is 12.8. The summed E-state index contributed by atoms with van der Waals surface area (Å²) in [6.45, 7) is 8.85. The van der Waals surface area contributed by atoms with Gasteiger partial charge in [-0.3, -0.25) is 19.7 Å². The zero-order chi connectivity index (χ0) is 36.7. The second-order valence-corrected chi connectivity index (χ2v) is 16.7. The van der Waals surface area contributed by atoms with Crippen molar-refractivity contribution in [1.29, 1.82) is 0 Å². The summed E-state index contributed by atoms with van der Waals surface area (Å²) in [6.07, 6.45) is 2.24. The maximum absolute atomic E-state index is 17.6. The van der Waals surface area contributed by atoms with Crippen LogP contribution in [0.2, 0.25) is 0 Å². The Morgan fingerprint density at radius 1 is 1.04 bits per heavy atom. The normalized spacial score (nSPS) is 35.4. The molecule has 4 aliphatic carbocycles. The number of rotatable bonds is 6. The number of aliphatic hydroxyl groups excluding tert-OH is 1. The molecule has 0 spiro atoms. The number of anilines is 2. The van der Waals surface area contributed by atoms with Gasteiger partial charge in [0.1, 0.15) is 18.4 Å². The van der Waals surface area contributed by atoms with E-state index in [9.17, 15) is 24.3 Å². The number of allylic oxidation sites excluding steroid dienone is 4. The van der Waals surface area contributed by atoms with E-state index in [4.69, 9.17) is 4.74 Å². The van der Waals surface area contributed by atoms with E-state index in [2.05, 4.69) is 10.2 Å². The predicted octanol–water partition coefficient (Wildman–Crippen LogP) is 6.75. The molecule has 3 saturated carbocycles. The van der Waals surface area contributed by atoms with Gasteiger partial charge in [0.25, 0.3) is 0 Å². The second kappa shape index (κ2) is 11.9. The van der Waals surface area contributed by atoms with E-state index in [1.165, 1.54) is 19.1 Å². The fourth-order valence-electron chi connectivity index (χ4n) is 10.6. The molecule has 10 heteroatoms. The fourth-order valence-corrected chi connectivity index (χ4v) is 10.6. The number of aliphatic hydroxyl groups is 1. The third kappa shape index (κ3) is 5.30. The molecular weight excluding hydrogens is 654 g/mol. The summed E-state index contributed by atoms with van der Waals surface area (Å²) >= 11 is 0. The standard InChI is InChI=1S/C41H46F2N2O6/c1-37(2,3)51-36(50)44-27-8-6-7-25(16-27)15-24-9-11-28(12-10-24)45-21-26-17-30-31-19-33(42)32-18-29(47)13-14-38(32,4)41(31,43)34(48)20-39(30,5)40(26,23-45)35(49)22-46/h6-14,16,18,26,30-31,33,46H,15,17,19-23H2,1-5H3,(H,44,50)/t26-,30-,31-,33-,38-,39-,40+,41-/m0/s1. The van der Waals surface area contributed by atoms with Crippen LogP contribution in [0.15, 0.2) is 72.3 Å². The minimum Gasteiger partial charge on any atom is -0.444 e. The van der Waals surface area contributed by atoms with Crippen molar-refractivity contribution in [2.24, 2.45) is 34.0 Å². The molecule has 51 heavy (non-hydrogen) atoms. The molecular formula is C41H46F2N2O6. The molecule has 4 fully saturated rings. The summed E-state index contributed by atoms with van der Waals surface area (Å²) in [7, 11) is 0. The Labute approximate surface area is 297 Å². The number of carbonyl (C=O) groups is 4. The number of halogens is 2. The topological polar surface area (TPSA) is 113 Å². The minimum atomic E-state index is -2.41. The van der Waals surface area contributed by atoms with Gasteiger partial charge in [-0.05, 0) is 117 Å². The van der Waals surface area contributed by atoms with Crippen LogP contribution < -0.4 is 10.2 Å². The first-order chi connectivity index (χ1) is 23.9. The van der Waals surface area contributed by atoms with E-state index in [0.717, 1.165) is 22.9 Å². The van der Waals surface area contributed by atoms with Gasteiger partial charge in [0.2, 0.25) is 0 Å². The molecule has 0 aromatic heterocycles. The number of nitrogens with one attached hydrogen (secondary N) is 1. The van der Waals surface area contributed by atoms with Crippen molar-refractivity contribution < 1.29 is 37.8 Å². The number of alkyl halides is 2. The lowest BCUT2D eigenvalue weighted by Crippen LogP contribution is -2.68. The Balaban J connectivity index is 1.12. The highest BCUT2D eigenvalue weighted by atomic mass is 19.1. The van der Waals surface area contributed by atoms with E-state index < -0.39 is 69.8 Å². The molecule has 7 rings (SSSR count). The summed E-state index contributed by atoms with van der Waals surface area (Å²) < 4.78 is 38.9. The van der Waals surface area contributed by atoms with Crippen LogP contribution in [-0.4, -0.2) is 65.7 Å². The number of ketones is 3. The average Bonchev–Trinajstić information content (AvgIpc) is 3.56. The van der Waals surface area contributed by atoms with Crippen molar-refractivity contribution in [2.75, 3.05) is 29.9 Å². The van der Waals surface area contributed by atoms with Crippen molar-refractivity contribution in [2.45, 2.75) is 77.7 Å². The quantitative estimate of drug-likeness (QED) is 0.343. The monoisotopic (exact) mass is 700 g/mol. The molecule has 8 nitrogen and oxygen atoms in total. The van der Waals surface area contributed by atoms with Gasteiger partial charge in [-0.25, -0.2) is 13.6 Å². The first-order valence-corrected chi connectivity index (χ1v) is 17.8. The zero-order valence-electron chi connectivity index (χ0n) is 29.8. The molecule has 270 valence electrons. The number of hydrogen-bond acceptors (Lipinski definition) is 7. The average molecular weight is 701 g/mol. The molecule has 0 radical (unpaired) electrons. The molecule has 2 N–H and O–H groups in total. The van der Waals surface area contributed by atoms with Gasteiger partial charge in [0.15, 0.2) is 23.0 Å². The lowest BCUT2D eigenvalue weighted by molar-refractivity contribution is -0.176. The van der Waals surface area contributed by atoms with Crippen LogP contribution in [0.25, 0.3) is 0 Å². The summed E-state index contributed by atoms with van der Waals surface area (Å²) in [4.78, 5) is 54.7. The van der Waals surface area contributed by atoms with Gasteiger partial charge >= 0.3 is 6.09 Å². The lowest BCUT2D eigenvalue weighted by atomic mass is 9.43. The van der Waals surface area contributed by atoms with E-state index >= 15 is 8.78 Å². The Hall–Kier alpha value is -4.18. The zero-order valence-corrected chi connectivity index (χ0v) is 29.8. The largest absolute Gasteiger partial charge is 0.444 e. The van der Waals surface area contributed by atoms with Crippen LogP contribution in [-0.2, 0) is 25.5 Å². The number of benzene rings is 2. The Kier molecular flexibility index (Phi) is 8.24. The van der Waals surface area contributed by atoms with Crippen molar-refractivity contribution in [3.8, 4) is 0 Å². The minimum absolute atomic E-state index is 0.0184. The highest BCUT2D eigenvalue weighted by Crippen LogP contribution is 2.73. The number of carbonyl (C=O) groups excluding carboxylic acids is 4. The molecule has 1 amide bonds. The van der Waals surface area contributed by atoms with Crippen LogP contribution in [0.3, 0.4) is 0 Å². The highest BCUT2D eigenvalue weighted by molar-refractivity contribution is 6.03. The smallest absolute Gasteiger partial charge is 0.412 e. The van der Waals surface area contributed by atoms with E-state index in [1.807, 2.05) is 49.4 Å². The van der Waals surface area contributed by atoms with Crippen LogP contribution in [0.5, 0.6) is 0 Å². The highest BCUT2D eigenvalue weighted by Gasteiger charge is 2.78. The maximum atomic E-state index is 17.6. The Morgan fingerprint density at radius 3 is 2.45 bits per heavy atom. The fraction of sp³-hybridized carbons (Fsp3) is 0.512. The third-order valence-electron chi connectivity index (χ3n) is 12.8. The van der Waals surface area contributed by atoms with Crippen LogP contribution >= 0.6 is 0 Å². The summed E-state index contributed by atoms with van der Waals surface area (Å²) in [6, 6.07) is 15.6. The number of Topliss-reactive ketones (excluding diaryl/α,β-unsaturated/α-hetero) is 2. The van der Waals surface area contributed by atoms with Crippen molar-refractivity contribution in [3.05, 3.63) is 83.5 Å². The van der Waals surface area contributed by atoms with Gasteiger partial charge in [-0.15, -0.1) is 0 Å². The Morgan fingerprint density at radius 2 is 1.76 bits per heavy atom. The second-order valence-electron chi connectivity index (χ2n) is 16.7. The van der Waals surface area contributed by atoms with Gasteiger partial charge in [-0.2, -0.15) is 0 Å². The number of ether oxygens (including phenoxy) is 1.